The molecule has 2 atom stereocenters. The zero-order valence-corrected chi connectivity index (χ0v) is 10.2. The van der Waals surface area contributed by atoms with Gasteiger partial charge in [-0.05, 0) is 19.3 Å². The van der Waals surface area contributed by atoms with Crippen molar-refractivity contribution in [2.75, 3.05) is 13.1 Å². The Balaban J connectivity index is 2.48. The second-order valence-electron chi connectivity index (χ2n) is 4.24. The van der Waals surface area contributed by atoms with Crippen molar-refractivity contribution in [3.05, 3.63) is 0 Å². The van der Waals surface area contributed by atoms with E-state index >= 15 is 0 Å². The van der Waals surface area contributed by atoms with Gasteiger partial charge in [0.15, 0.2) is 0 Å². The van der Waals surface area contributed by atoms with Gasteiger partial charge in [-0.15, -0.1) is 0 Å². The van der Waals surface area contributed by atoms with Crippen molar-refractivity contribution in [2.45, 2.75) is 33.6 Å². The number of hydrogen-bond acceptors (Lipinski definition) is 2. The van der Waals surface area contributed by atoms with Crippen LogP contribution in [0.2, 0.25) is 0 Å². The van der Waals surface area contributed by atoms with Crippen LogP contribution in [0.25, 0.3) is 0 Å². The Morgan fingerprint density at radius 2 is 2.25 bits per heavy atom. The molecule has 0 radical (unpaired) electrons. The van der Waals surface area contributed by atoms with Crippen molar-refractivity contribution in [1.29, 1.82) is 0 Å². The van der Waals surface area contributed by atoms with Gasteiger partial charge >= 0.3 is 6.03 Å². The summed E-state index contributed by atoms with van der Waals surface area (Å²) in [5.41, 5.74) is 2.57. The van der Waals surface area contributed by atoms with Gasteiger partial charge in [-0.1, -0.05) is 20.3 Å². The van der Waals surface area contributed by atoms with Crippen molar-refractivity contribution in [2.24, 2.45) is 11.8 Å². The third-order valence-electron chi connectivity index (χ3n) is 3.15. The van der Waals surface area contributed by atoms with Gasteiger partial charge in [-0.25, -0.2) is 10.2 Å². The molecule has 0 aromatic carbocycles. The first-order chi connectivity index (χ1) is 7.60. The summed E-state index contributed by atoms with van der Waals surface area (Å²) < 4.78 is 0. The number of urea groups is 1. The van der Waals surface area contributed by atoms with E-state index in [9.17, 15) is 9.59 Å². The van der Waals surface area contributed by atoms with E-state index in [4.69, 9.17) is 0 Å². The first kappa shape index (κ1) is 12.8. The first-order valence-corrected chi connectivity index (χ1v) is 5.96. The van der Waals surface area contributed by atoms with E-state index < -0.39 is 0 Å². The van der Waals surface area contributed by atoms with Crippen LogP contribution < -0.4 is 10.7 Å². The lowest BCUT2D eigenvalue weighted by atomic mass is 9.91. The Morgan fingerprint density at radius 1 is 1.56 bits per heavy atom. The van der Waals surface area contributed by atoms with Crippen LogP contribution >= 0.6 is 0 Å². The highest BCUT2D eigenvalue weighted by atomic mass is 16.2. The second kappa shape index (κ2) is 5.72. The number of rotatable bonds is 4. The topological polar surface area (TPSA) is 61.4 Å². The van der Waals surface area contributed by atoms with E-state index in [0.29, 0.717) is 19.0 Å². The smallest absolute Gasteiger partial charge is 0.333 e. The molecule has 0 aliphatic carbocycles. The average molecular weight is 227 g/mol. The Morgan fingerprint density at radius 3 is 2.81 bits per heavy atom. The molecule has 0 aromatic rings. The molecule has 5 nitrogen and oxygen atoms in total. The molecule has 0 spiro atoms. The van der Waals surface area contributed by atoms with E-state index in [2.05, 4.69) is 24.6 Å². The van der Waals surface area contributed by atoms with Crippen molar-refractivity contribution in [1.82, 2.24) is 15.8 Å². The van der Waals surface area contributed by atoms with E-state index in [0.717, 1.165) is 12.8 Å². The van der Waals surface area contributed by atoms with Gasteiger partial charge in [0.25, 0.3) is 0 Å². The van der Waals surface area contributed by atoms with Crippen molar-refractivity contribution in [3.63, 3.8) is 0 Å². The predicted octanol–water partition coefficient (Wildman–Crippen LogP) is 1.12. The second-order valence-corrected chi connectivity index (χ2v) is 4.24. The maximum atomic E-state index is 11.9. The third kappa shape index (κ3) is 2.87. The summed E-state index contributed by atoms with van der Waals surface area (Å²) in [7, 11) is 0. The summed E-state index contributed by atoms with van der Waals surface area (Å²) in [6.07, 6.45) is 1.83. The molecule has 1 rings (SSSR count). The Kier molecular flexibility index (Phi) is 4.58. The highest BCUT2D eigenvalue weighted by Gasteiger charge is 2.35. The molecule has 1 saturated heterocycles. The summed E-state index contributed by atoms with van der Waals surface area (Å²) >= 11 is 0. The molecular formula is C11H21N3O2. The largest absolute Gasteiger partial charge is 0.337 e. The summed E-state index contributed by atoms with van der Waals surface area (Å²) in [6, 6.07) is -0.305. The minimum absolute atomic E-state index is 0.0422. The van der Waals surface area contributed by atoms with Crippen LogP contribution in [-0.4, -0.2) is 30.0 Å². The zero-order chi connectivity index (χ0) is 12.1. The van der Waals surface area contributed by atoms with Crippen LogP contribution in [0.15, 0.2) is 0 Å². The fourth-order valence-corrected chi connectivity index (χ4v) is 1.95. The normalized spacial score (nSPS) is 22.1. The number of nitrogens with one attached hydrogen (secondary N) is 2. The Hall–Kier alpha value is -1.26. The molecule has 0 saturated carbocycles. The van der Waals surface area contributed by atoms with Crippen LogP contribution in [-0.2, 0) is 4.79 Å². The number of carbonyl (C=O) groups is 2. The molecule has 5 heteroatoms. The maximum Gasteiger partial charge on any atom is 0.333 e. The number of carbonyl (C=O) groups excluding carboxylic acids is 2. The monoisotopic (exact) mass is 227 g/mol. The number of nitrogens with zero attached hydrogens (tertiary/aromatic N) is 1. The molecule has 3 amide bonds. The number of hydrogen-bond donors (Lipinski definition) is 2. The molecule has 1 heterocycles. The van der Waals surface area contributed by atoms with Crippen LogP contribution in [0.4, 0.5) is 4.79 Å². The SMILES string of the molecule is CCNC(=O)NN1CC[C@@H]([C@@H](C)CC)C1=O. The fraction of sp³-hybridized carbons (Fsp3) is 0.818. The summed E-state index contributed by atoms with van der Waals surface area (Å²) in [5, 5.41) is 4.04. The Labute approximate surface area is 96.5 Å². The van der Waals surface area contributed by atoms with Gasteiger partial charge in [-0.2, -0.15) is 0 Å². The maximum absolute atomic E-state index is 11.9. The molecule has 16 heavy (non-hydrogen) atoms. The number of amides is 3. The molecule has 1 aliphatic heterocycles. The van der Waals surface area contributed by atoms with E-state index in [1.807, 2.05) is 6.92 Å². The Bertz CT molecular complexity index is 268. The summed E-state index contributed by atoms with van der Waals surface area (Å²) in [5.74, 6) is 0.487. The lowest BCUT2D eigenvalue weighted by Gasteiger charge is -2.19. The van der Waals surface area contributed by atoms with Gasteiger partial charge in [0.05, 0.1) is 0 Å². The van der Waals surface area contributed by atoms with E-state index in [-0.39, 0.29) is 17.9 Å². The fourth-order valence-electron chi connectivity index (χ4n) is 1.95. The van der Waals surface area contributed by atoms with Gasteiger partial charge in [0, 0.05) is 19.0 Å². The van der Waals surface area contributed by atoms with Gasteiger partial charge < -0.3 is 5.32 Å². The third-order valence-corrected chi connectivity index (χ3v) is 3.15. The zero-order valence-electron chi connectivity index (χ0n) is 10.2. The van der Waals surface area contributed by atoms with Gasteiger partial charge in [0.2, 0.25) is 5.91 Å². The molecule has 1 fully saturated rings. The molecular weight excluding hydrogens is 206 g/mol. The highest BCUT2D eigenvalue weighted by molar-refractivity contribution is 5.84. The van der Waals surface area contributed by atoms with Crippen LogP contribution in [0.1, 0.15) is 33.6 Å². The molecule has 2 N–H and O–H groups in total. The molecule has 1 aliphatic rings. The minimum Gasteiger partial charge on any atom is -0.337 e. The quantitative estimate of drug-likeness (QED) is 0.756. The standard InChI is InChI=1S/C11H21N3O2/c1-4-8(3)9-6-7-14(10(9)15)13-11(16)12-5-2/h8-9H,4-7H2,1-3H3,(H2,12,13,16)/t8-,9-/m0/s1. The highest BCUT2D eigenvalue weighted by Crippen LogP contribution is 2.26. The van der Waals surface area contributed by atoms with Crippen LogP contribution in [0.5, 0.6) is 0 Å². The van der Waals surface area contributed by atoms with Gasteiger partial charge in [-0.3, -0.25) is 9.80 Å². The molecule has 0 unspecified atom stereocenters. The minimum atomic E-state index is -0.305. The molecule has 0 aromatic heterocycles. The van der Waals surface area contributed by atoms with Crippen LogP contribution in [0, 0.1) is 11.8 Å². The first-order valence-electron chi connectivity index (χ1n) is 5.96. The molecule has 0 bridgehead atoms. The summed E-state index contributed by atoms with van der Waals surface area (Å²) in [6.45, 7) is 7.18. The van der Waals surface area contributed by atoms with Crippen molar-refractivity contribution >= 4 is 11.9 Å². The average Bonchev–Trinajstić information content (AvgIpc) is 2.60. The van der Waals surface area contributed by atoms with Gasteiger partial charge in [0.1, 0.15) is 0 Å². The van der Waals surface area contributed by atoms with Crippen LogP contribution in [0.3, 0.4) is 0 Å². The summed E-state index contributed by atoms with van der Waals surface area (Å²) in [4.78, 5) is 23.2. The van der Waals surface area contributed by atoms with Crippen molar-refractivity contribution < 1.29 is 9.59 Å². The van der Waals surface area contributed by atoms with Crippen molar-refractivity contribution in [3.8, 4) is 0 Å². The predicted molar refractivity (Wildman–Crippen MR) is 61.5 cm³/mol. The van der Waals surface area contributed by atoms with E-state index in [1.165, 1.54) is 5.01 Å². The van der Waals surface area contributed by atoms with E-state index in [1.54, 1.807) is 0 Å². The molecule has 92 valence electrons. The number of hydrazine groups is 1. The lowest BCUT2D eigenvalue weighted by Crippen LogP contribution is -2.48. The lowest BCUT2D eigenvalue weighted by molar-refractivity contribution is -0.134.